The second-order valence-electron chi connectivity index (χ2n) is 4.25. The number of amides is 3. The largest absolute Gasteiger partial charge is 0.411 e. The molecule has 0 saturated heterocycles. The molecule has 0 aliphatic carbocycles. The molecule has 3 N–H and O–H groups in total. The molecule has 8 heteroatoms. The molecule has 0 aliphatic rings. The van der Waals surface area contributed by atoms with Crippen LogP contribution in [0.4, 0.5) is 4.79 Å². The van der Waals surface area contributed by atoms with Crippen LogP contribution in [0.1, 0.15) is 12.0 Å². The van der Waals surface area contributed by atoms with Gasteiger partial charge < -0.3 is 10.2 Å². The molecule has 1 aromatic carbocycles. The molecule has 0 unspecified atom stereocenters. The third-order valence-electron chi connectivity index (χ3n) is 2.52. The third-order valence-corrected chi connectivity index (χ3v) is 3.34. The number of urea groups is 1. The molecule has 0 fully saturated rings. The van der Waals surface area contributed by atoms with Crippen LogP contribution in [-0.4, -0.2) is 27.9 Å². The summed E-state index contributed by atoms with van der Waals surface area (Å²) in [5.74, 6) is 0.404. The van der Waals surface area contributed by atoms with E-state index in [2.05, 4.69) is 10.2 Å². The summed E-state index contributed by atoms with van der Waals surface area (Å²) in [6, 6.07) is 6.86. The summed E-state index contributed by atoms with van der Waals surface area (Å²) < 4.78 is 5.49. The Morgan fingerprint density at radius 2 is 2.00 bits per heavy atom. The number of aryl methyl sites for hydroxylation is 1. The molecule has 0 saturated carbocycles. The molecule has 110 valence electrons. The number of aromatic nitrogens is 2. The lowest BCUT2D eigenvalue weighted by atomic mass is 10.1. The minimum atomic E-state index is -0.857. The number of hydrogen-bond acceptors (Lipinski definition) is 6. The summed E-state index contributed by atoms with van der Waals surface area (Å²) in [7, 11) is 0. The van der Waals surface area contributed by atoms with Crippen molar-refractivity contribution in [1.82, 2.24) is 15.5 Å². The molecular weight excluding hydrogens is 292 g/mol. The first-order valence-electron chi connectivity index (χ1n) is 6.17. The molecule has 0 atom stereocenters. The van der Waals surface area contributed by atoms with Crippen LogP contribution in [0.25, 0.3) is 11.5 Å². The Bertz CT molecular complexity index is 639. The average molecular weight is 306 g/mol. The van der Waals surface area contributed by atoms with E-state index < -0.39 is 11.9 Å². The zero-order chi connectivity index (χ0) is 15.2. The van der Waals surface area contributed by atoms with Crippen molar-refractivity contribution in [3.05, 3.63) is 29.8 Å². The quantitative estimate of drug-likeness (QED) is 0.814. The minimum absolute atomic E-state index is 0.135. The topological polar surface area (TPSA) is 111 Å². The molecule has 21 heavy (non-hydrogen) atoms. The summed E-state index contributed by atoms with van der Waals surface area (Å²) in [5.41, 5.74) is 6.82. The number of nitrogens with two attached hydrogens (primary N) is 1. The van der Waals surface area contributed by atoms with Crippen LogP contribution in [0.3, 0.4) is 0 Å². The molecule has 0 radical (unpaired) electrons. The SMILES string of the molecule is Cc1ccc(-c2nnc(SCCC(=O)NC(N)=O)o2)cc1. The van der Waals surface area contributed by atoms with Crippen molar-refractivity contribution in [2.75, 3.05) is 5.75 Å². The van der Waals surface area contributed by atoms with Crippen molar-refractivity contribution < 1.29 is 14.0 Å². The van der Waals surface area contributed by atoms with Crippen molar-refractivity contribution in [3.8, 4) is 11.5 Å². The fraction of sp³-hybridized carbons (Fsp3) is 0.231. The van der Waals surface area contributed by atoms with Gasteiger partial charge in [0.15, 0.2) is 0 Å². The average Bonchev–Trinajstić information content (AvgIpc) is 2.87. The molecular formula is C13H14N4O3S. The number of carbonyl (C=O) groups excluding carboxylic acids is 2. The number of benzene rings is 1. The second-order valence-corrected chi connectivity index (χ2v) is 5.30. The molecule has 0 bridgehead atoms. The van der Waals surface area contributed by atoms with Gasteiger partial charge in [0.05, 0.1) is 0 Å². The lowest BCUT2D eigenvalue weighted by molar-refractivity contribution is -0.119. The number of thioether (sulfide) groups is 1. The Morgan fingerprint density at radius 1 is 1.29 bits per heavy atom. The van der Waals surface area contributed by atoms with Crippen molar-refractivity contribution in [1.29, 1.82) is 0 Å². The van der Waals surface area contributed by atoms with Gasteiger partial charge in [0, 0.05) is 17.7 Å². The second kappa shape index (κ2) is 6.89. The molecule has 1 aromatic heterocycles. The van der Waals surface area contributed by atoms with Gasteiger partial charge in [-0.05, 0) is 19.1 Å². The number of hydrogen-bond donors (Lipinski definition) is 2. The van der Waals surface area contributed by atoms with Crippen LogP contribution in [0.5, 0.6) is 0 Å². The number of rotatable bonds is 5. The first kappa shape index (κ1) is 15.0. The number of nitrogens with one attached hydrogen (secondary N) is 1. The summed E-state index contributed by atoms with van der Waals surface area (Å²) in [5, 5.41) is 10.2. The van der Waals surface area contributed by atoms with E-state index in [4.69, 9.17) is 10.2 Å². The van der Waals surface area contributed by atoms with E-state index in [1.54, 1.807) is 0 Å². The third kappa shape index (κ3) is 4.60. The Balaban J connectivity index is 1.87. The van der Waals surface area contributed by atoms with E-state index in [9.17, 15) is 9.59 Å². The summed E-state index contributed by atoms with van der Waals surface area (Å²) >= 11 is 1.24. The first-order valence-corrected chi connectivity index (χ1v) is 7.16. The van der Waals surface area contributed by atoms with Gasteiger partial charge >= 0.3 is 6.03 Å². The van der Waals surface area contributed by atoms with Crippen molar-refractivity contribution in [2.45, 2.75) is 18.6 Å². The van der Waals surface area contributed by atoms with Gasteiger partial charge in [0.1, 0.15) is 0 Å². The lowest BCUT2D eigenvalue weighted by Gasteiger charge is -1.98. The Morgan fingerprint density at radius 3 is 2.67 bits per heavy atom. The maximum atomic E-state index is 11.2. The Hall–Kier alpha value is -2.35. The predicted molar refractivity (Wildman–Crippen MR) is 77.5 cm³/mol. The summed E-state index contributed by atoms with van der Waals surface area (Å²) in [4.78, 5) is 21.7. The molecule has 7 nitrogen and oxygen atoms in total. The number of imide groups is 1. The van der Waals surface area contributed by atoms with Gasteiger partial charge in [0.2, 0.25) is 11.8 Å². The fourth-order valence-corrected chi connectivity index (χ4v) is 2.21. The van der Waals surface area contributed by atoms with E-state index in [1.165, 1.54) is 11.8 Å². The molecule has 1 heterocycles. The van der Waals surface area contributed by atoms with Gasteiger partial charge in [-0.25, -0.2) is 4.79 Å². The highest BCUT2D eigenvalue weighted by molar-refractivity contribution is 7.99. The van der Waals surface area contributed by atoms with Crippen LogP contribution in [0.2, 0.25) is 0 Å². The van der Waals surface area contributed by atoms with Crippen LogP contribution in [0, 0.1) is 6.92 Å². The molecule has 0 aliphatic heterocycles. The van der Waals surface area contributed by atoms with Crippen molar-refractivity contribution in [3.63, 3.8) is 0 Å². The zero-order valence-corrected chi connectivity index (χ0v) is 12.1. The minimum Gasteiger partial charge on any atom is -0.411 e. The van der Waals surface area contributed by atoms with Gasteiger partial charge in [-0.15, -0.1) is 10.2 Å². The molecule has 2 rings (SSSR count). The smallest absolute Gasteiger partial charge is 0.318 e. The normalized spacial score (nSPS) is 10.3. The monoisotopic (exact) mass is 306 g/mol. The van der Waals surface area contributed by atoms with E-state index >= 15 is 0 Å². The Labute approximate surface area is 125 Å². The molecule has 0 spiro atoms. The molecule has 3 amide bonds. The highest BCUT2D eigenvalue weighted by Gasteiger charge is 2.10. The van der Waals surface area contributed by atoms with E-state index in [-0.39, 0.29) is 6.42 Å². The standard InChI is InChI=1S/C13H14N4O3S/c1-8-2-4-9(5-3-8)11-16-17-13(20-11)21-7-6-10(18)15-12(14)19/h2-5H,6-7H2,1H3,(H3,14,15,18,19). The van der Waals surface area contributed by atoms with Gasteiger partial charge in [-0.2, -0.15) is 0 Å². The fourth-order valence-electron chi connectivity index (χ4n) is 1.51. The highest BCUT2D eigenvalue weighted by atomic mass is 32.2. The van der Waals surface area contributed by atoms with E-state index in [0.717, 1.165) is 11.1 Å². The highest BCUT2D eigenvalue weighted by Crippen LogP contribution is 2.23. The van der Waals surface area contributed by atoms with Gasteiger partial charge in [-0.1, -0.05) is 29.5 Å². The van der Waals surface area contributed by atoms with Gasteiger partial charge in [-0.3, -0.25) is 10.1 Å². The summed E-state index contributed by atoms with van der Waals surface area (Å²) in [6.07, 6.45) is 0.135. The maximum Gasteiger partial charge on any atom is 0.318 e. The van der Waals surface area contributed by atoms with Gasteiger partial charge in [0.25, 0.3) is 5.22 Å². The molecule has 2 aromatic rings. The van der Waals surface area contributed by atoms with E-state index in [0.29, 0.717) is 16.9 Å². The van der Waals surface area contributed by atoms with Crippen LogP contribution in [0.15, 0.2) is 33.9 Å². The Kier molecular flexibility index (Phi) is 4.94. The van der Waals surface area contributed by atoms with Crippen LogP contribution >= 0.6 is 11.8 Å². The number of primary amides is 1. The first-order chi connectivity index (χ1) is 10.0. The van der Waals surface area contributed by atoms with Crippen molar-refractivity contribution in [2.24, 2.45) is 5.73 Å². The van der Waals surface area contributed by atoms with Crippen LogP contribution < -0.4 is 11.1 Å². The zero-order valence-electron chi connectivity index (χ0n) is 11.3. The van der Waals surface area contributed by atoms with Crippen LogP contribution in [-0.2, 0) is 4.79 Å². The predicted octanol–water partition coefficient (Wildman–Crippen LogP) is 1.72. The summed E-state index contributed by atoms with van der Waals surface area (Å²) in [6.45, 7) is 2.00. The number of nitrogens with zero attached hydrogens (tertiary/aromatic N) is 2. The van der Waals surface area contributed by atoms with Crippen molar-refractivity contribution >= 4 is 23.7 Å². The lowest BCUT2D eigenvalue weighted by Crippen LogP contribution is -2.35. The maximum absolute atomic E-state index is 11.2. The van der Waals surface area contributed by atoms with E-state index in [1.807, 2.05) is 36.5 Å². The number of carbonyl (C=O) groups is 2.